The van der Waals surface area contributed by atoms with Gasteiger partial charge < -0.3 is 9.42 Å². The maximum Gasteiger partial charge on any atom is 0.243 e. The third kappa shape index (κ3) is 4.90. The van der Waals surface area contributed by atoms with Crippen LogP contribution < -0.4 is 0 Å². The van der Waals surface area contributed by atoms with Crippen molar-refractivity contribution in [1.82, 2.24) is 9.21 Å². The molecule has 184 valence electrons. The second-order valence-electron chi connectivity index (χ2n) is 8.73. The monoisotopic (exact) mass is 542 g/mol. The minimum absolute atomic E-state index is 0.0799. The summed E-state index contributed by atoms with van der Waals surface area (Å²) in [7, 11) is -5.06. The molecule has 2 atom stereocenters. The topological polar surface area (TPSA) is 66.9 Å². The van der Waals surface area contributed by atoms with Crippen LogP contribution in [0.5, 0.6) is 0 Å². The van der Waals surface area contributed by atoms with Gasteiger partial charge in [-0.05, 0) is 61.3 Å². The first-order valence-corrected chi connectivity index (χ1v) is 15.3. The summed E-state index contributed by atoms with van der Waals surface area (Å²) >= 11 is 12.8. The number of benzene rings is 2. The normalized spacial score (nSPS) is 25.1. The highest BCUT2D eigenvalue weighted by molar-refractivity contribution is 7.89. The third-order valence-electron chi connectivity index (χ3n) is 6.29. The van der Waals surface area contributed by atoms with E-state index >= 15 is 0 Å². The largest absolute Gasteiger partial charge is 0.325 e. The van der Waals surface area contributed by atoms with Crippen molar-refractivity contribution in [2.45, 2.75) is 37.6 Å². The third-order valence-corrected chi connectivity index (χ3v) is 11.4. The molecule has 1 saturated heterocycles. The van der Waals surface area contributed by atoms with Crippen LogP contribution in [0.4, 0.5) is 0 Å². The van der Waals surface area contributed by atoms with E-state index in [-0.39, 0.29) is 30.3 Å². The van der Waals surface area contributed by atoms with Crippen LogP contribution in [-0.4, -0.2) is 50.7 Å². The van der Waals surface area contributed by atoms with Crippen LogP contribution in [0.1, 0.15) is 42.9 Å². The van der Waals surface area contributed by atoms with Gasteiger partial charge in [-0.25, -0.2) is 8.42 Å². The Kier molecular flexibility index (Phi) is 7.66. The van der Waals surface area contributed by atoms with E-state index in [0.717, 1.165) is 16.7 Å². The number of sulfonamides is 1. The van der Waals surface area contributed by atoms with Crippen LogP contribution in [-0.2, 0) is 25.7 Å². The number of allylic oxidation sites excluding steroid dienone is 1. The first kappa shape index (κ1) is 25.9. The molecule has 34 heavy (non-hydrogen) atoms. The number of likely N-dealkylation sites (N-methyl/N-ethyl adjacent to an activating group) is 1. The van der Waals surface area contributed by atoms with E-state index in [4.69, 9.17) is 27.7 Å². The molecule has 2 unspecified atom stereocenters. The zero-order valence-corrected chi connectivity index (χ0v) is 22.7. The van der Waals surface area contributed by atoms with Gasteiger partial charge in [-0.15, -0.1) is 0 Å². The van der Waals surface area contributed by atoms with Crippen LogP contribution in [0.3, 0.4) is 0 Å². The Morgan fingerprint density at radius 1 is 1.18 bits per heavy atom. The number of fused-ring (bicyclic) bond motifs is 1. The SMILES string of the molecule is CCC=C1CN(S(=O)(=O)c2cccc(C3CN(C)Cc4c(Cl)cc(Cl)cc43)c2)CP1(=O)OCC. The van der Waals surface area contributed by atoms with Gasteiger partial charge in [0.25, 0.3) is 0 Å². The molecular weight excluding hydrogens is 514 g/mol. The van der Waals surface area contributed by atoms with Crippen molar-refractivity contribution in [3.8, 4) is 0 Å². The van der Waals surface area contributed by atoms with Crippen molar-refractivity contribution in [3.63, 3.8) is 0 Å². The fourth-order valence-corrected chi connectivity index (χ4v) is 9.82. The molecule has 0 saturated carbocycles. The zero-order valence-electron chi connectivity index (χ0n) is 19.5. The molecular formula is C24H29Cl2N2O4PS. The van der Waals surface area contributed by atoms with Crippen molar-refractivity contribution >= 4 is 40.6 Å². The van der Waals surface area contributed by atoms with Crippen molar-refractivity contribution in [1.29, 1.82) is 0 Å². The summed E-state index contributed by atoms with van der Waals surface area (Å²) in [5, 5.41) is 1.74. The highest BCUT2D eigenvalue weighted by atomic mass is 35.5. The van der Waals surface area contributed by atoms with Gasteiger partial charge in [-0.2, -0.15) is 4.31 Å². The Labute approximate surface area is 212 Å². The van der Waals surface area contributed by atoms with Crippen LogP contribution in [0.15, 0.2) is 52.7 Å². The van der Waals surface area contributed by atoms with Crippen LogP contribution >= 0.6 is 30.6 Å². The van der Waals surface area contributed by atoms with Gasteiger partial charge in [0.1, 0.15) is 0 Å². The lowest BCUT2D eigenvalue weighted by atomic mass is 9.85. The molecule has 2 aromatic rings. The van der Waals surface area contributed by atoms with E-state index in [2.05, 4.69) is 4.90 Å². The van der Waals surface area contributed by atoms with Gasteiger partial charge in [-0.3, -0.25) is 4.57 Å². The molecule has 1 fully saturated rings. The predicted molar refractivity (Wildman–Crippen MR) is 137 cm³/mol. The minimum atomic E-state index is -3.87. The Bertz CT molecular complexity index is 1280. The number of rotatable bonds is 6. The second kappa shape index (κ2) is 10.1. The Balaban J connectivity index is 1.72. The number of hydrogen-bond acceptors (Lipinski definition) is 5. The van der Waals surface area contributed by atoms with Gasteiger partial charge in [-0.1, -0.05) is 48.3 Å². The van der Waals surface area contributed by atoms with E-state index in [1.165, 1.54) is 4.31 Å². The minimum Gasteiger partial charge on any atom is -0.325 e. The average Bonchev–Trinajstić information content (AvgIpc) is 3.11. The standard InChI is InChI=1S/C24H29Cl2N2O4PS/c1-4-7-19-13-28(16-33(19,29)32-5-2)34(30,31)20-9-6-8-17(10-20)22-14-27(3)15-23-21(22)11-18(25)12-24(23)26/h6-12,22H,4-5,13-16H2,1-3H3. The summed E-state index contributed by atoms with van der Waals surface area (Å²) in [6, 6.07) is 10.6. The average molecular weight is 543 g/mol. The van der Waals surface area contributed by atoms with Crippen LogP contribution in [0.25, 0.3) is 0 Å². The number of nitrogens with zero attached hydrogens (tertiary/aromatic N) is 2. The quantitative estimate of drug-likeness (QED) is 0.410. The molecule has 0 bridgehead atoms. The molecule has 0 amide bonds. The molecule has 2 heterocycles. The van der Waals surface area contributed by atoms with Gasteiger partial charge in [0.05, 0.1) is 17.8 Å². The summed E-state index contributed by atoms with van der Waals surface area (Å²) in [5.74, 6) is -0.0799. The van der Waals surface area contributed by atoms with E-state index in [0.29, 0.717) is 34.9 Å². The summed E-state index contributed by atoms with van der Waals surface area (Å²) in [6.07, 6.45) is 2.35. The first-order valence-electron chi connectivity index (χ1n) is 11.3. The molecule has 0 radical (unpaired) electrons. The van der Waals surface area contributed by atoms with Gasteiger partial charge >= 0.3 is 0 Å². The van der Waals surface area contributed by atoms with E-state index in [9.17, 15) is 13.0 Å². The maximum atomic E-state index is 13.6. The lowest BCUT2D eigenvalue weighted by molar-refractivity contribution is 0.295. The summed E-state index contributed by atoms with van der Waals surface area (Å²) in [4.78, 5) is 2.34. The molecule has 6 nitrogen and oxygen atoms in total. The Morgan fingerprint density at radius 3 is 2.65 bits per heavy atom. The molecule has 2 aliphatic rings. The van der Waals surface area contributed by atoms with Gasteiger partial charge in [0.2, 0.25) is 17.4 Å². The summed E-state index contributed by atoms with van der Waals surface area (Å²) in [6.45, 7) is 5.45. The molecule has 0 aliphatic carbocycles. The van der Waals surface area contributed by atoms with E-state index < -0.39 is 17.4 Å². The molecule has 0 N–H and O–H groups in total. The van der Waals surface area contributed by atoms with Gasteiger partial charge in [0.15, 0.2) is 0 Å². The highest BCUT2D eigenvalue weighted by Crippen LogP contribution is 2.60. The predicted octanol–water partition coefficient (Wildman–Crippen LogP) is 6.14. The Hall–Kier alpha value is -1.18. The van der Waals surface area contributed by atoms with Crippen molar-refractivity contribution in [3.05, 3.63) is 74.5 Å². The summed E-state index contributed by atoms with van der Waals surface area (Å²) < 4.78 is 47.4. The molecule has 2 aromatic carbocycles. The van der Waals surface area contributed by atoms with E-state index in [1.54, 1.807) is 31.2 Å². The van der Waals surface area contributed by atoms with E-state index in [1.807, 2.05) is 32.2 Å². The van der Waals surface area contributed by atoms with Crippen molar-refractivity contribution in [2.75, 3.05) is 33.0 Å². The van der Waals surface area contributed by atoms with Crippen LogP contribution in [0, 0.1) is 0 Å². The second-order valence-corrected chi connectivity index (χ2v) is 14.0. The zero-order chi connectivity index (χ0) is 24.7. The number of halogens is 2. The lowest BCUT2D eigenvalue weighted by Gasteiger charge is -2.33. The smallest absolute Gasteiger partial charge is 0.243 e. The summed E-state index contributed by atoms with van der Waals surface area (Å²) in [5.41, 5.74) is 2.88. The lowest BCUT2D eigenvalue weighted by Crippen LogP contribution is -2.31. The highest BCUT2D eigenvalue weighted by Gasteiger charge is 2.44. The fourth-order valence-electron chi connectivity index (χ4n) is 4.74. The maximum absolute atomic E-state index is 13.6. The molecule has 4 rings (SSSR count). The fraction of sp³-hybridized carbons (Fsp3) is 0.417. The molecule has 10 heteroatoms. The number of hydrogen-bond donors (Lipinski definition) is 0. The van der Waals surface area contributed by atoms with Gasteiger partial charge in [0, 0.05) is 40.9 Å². The van der Waals surface area contributed by atoms with Crippen LogP contribution in [0.2, 0.25) is 10.0 Å². The molecule has 0 spiro atoms. The van der Waals surface area contributed by atoms with Crippen molar-refractivity contribution < 1.29 is 17.5 Å². The molecule has 0 aromatic heterocycles. The molecule has 2 aliphatic heterocycles. The van der Waals surface area contributed by atoms with Crippen molar-refractivity contribution in [2.24, 2.45) is 0 Å². The Morgan fingerprint density at radius 2 is 1.94 bits per heavy atom. The first-order chi connectivity index (χ1) is 16.1.